The number of carboxylic acid groups (broad SMARTS) is 1. The van der Waals surface area contributed by atoms with Gasteiger partial charge in [-0.15, -0.1) is 0 Å². The van der Waals surface area contributed by atoms with Crippen molar-refractivity contribution < 1.29 is 19.4 Å². The summed E-state index contributed by atoms with van der Waals surface area (Å²) in [7, 11) is 0. The van der Waals surface area contributed by atoms with E-state index >= 15 is 0 Å². The molecule has 2 aromatic rings. The van der Waals surface area contributed by atoms with E-state index in [0.29, 0.717) is 12.8 Å². The summed E-state index contributed by atoms with van der Waals surface area (Å²) in [4.78, 5) is 23.4. The van der Waals surface area contributed by atoms with Crippen molar-refractivity contribution in [1.82, 2.24) is 0 Å². The summed E-state index contributed by atoms with van der Waals surface area (Å²) in [6.45, 7) is 3.83. The Morgan fingerprint density at radius 2 is 1.82 bits per heavy atom. The number of carbonyl (C=O) groups is 2. The third kappa shape index (κ3) is 5.95. The molecule has 0 spiro atoms. The maximum atomic E-state index is 12.4. The zero-order chi connectivity index (χ0) is 20.5. The van der Waals surface area contributed by atoms with Gasteiger partial charge in [-0.25, -0.2) is 4.79 Å². The highest BCUT2D eigenvalue weighted by molar-refractivity contribution is 5.88. The van der Waals surface area contributed by atoms with E-state index in [1.54, 1.807) is 13.0 Å². The third-order valence-corrected chi connectivity index (χ3v) is 4.86. The van der Waals surface area contributed by atoms with Gasteiger partial charge in [0.2, 0.25) is 0 Å². The number of carbonyl (C=O) groups excluding carboxylic acids is 1. The van der Waals surface area contributed by atoms with Crippen LogP contribution in [0.25, 0.3) is 0 Å². The summed E-state index contributed by atoms with van der Waals surface area (Å²) >= 11 is 0. The molecule has 5 heteroatoms. The second kappa shape index (κ2) is 10.3. The first kappa shape index (κ1) is 21.2. The van der Waals surface area contributed by atoms with Crippen LogP contribution in [0, 0.1) is 23.2 Å². The number of hydrogen-bond donors (Lipinski definition) is 1. The zero-order valence-corrected chi connectivity index (χ0v) is 16.2. The Kier molecular flexibility index (Phi) is 7.76. The van der Waals surface area contributed by atoms with Crippen molar-refractivity contribution in [3.63, 3.8) is 0 Å². The summed E-state index contributed by atoms with van der Waals surface area (Å²) in [5, 5.41) is 18.6. The van der Waals surface area contributed by atoms with Gasteiger partial charge >= 0.3 is 11.9 Å². The Labute approximate surface area is 165 Å². The van der Waals surface area contributed by atoms with Crippen molar-refractivity contribution in [3.05, 3.63) is 65.7 Å². The Hall–Kier alpha value is -3.13. The number of nitrogens with zero attached hydrogens (tertiary/aromatic N) is 1. The lowest BCUT2D eigenvalue weighted by Crippen LogP contribution is -2.21. The van der Waals surface area contributed by atoms with Crippen LogP contribution in [-0.2, 0) is 4.79 Å². The number of ether oxygens (including phenoxy) is 1. The predicted molar refractivity (Wildman–Crippen MR) is 106 cm³/mol. The van der Waals surface area contributed by atoms with E-state index < -0.39 is 17.9 Å². The Morgan fingerprint density at radius 3 is 2.43 bits per heavy atom. The maximum Gasteiger partial charge on any atom is 0.335 e. The standard InChI is InChI=1S/C23H25NO4/c1-3-18(19-8-5-4-6-9-19)13-17(15-24)12-16(2)23(27)28-21-11-7-10-20(14-21)22(25)26/h4-11,14,16-18H,3,12-13H2,1-2H3,(H,25,26). The van der Waals surface area contributed by atoms with Gasteiger partial charge < -0.3 is 9.84 Å². The van der Waals surface area contributed by atoms with Gasteiger partial charge in [-0.1, -0.05) is 50.2 Å². The first-order valence-electron chi connectivity index (χ1n) is 9.44. The van der Waals surface area contributed by atoms with E-state index in [2.05, 4.69) is 25.1 Å². The molecule has 0 aromatic heterocycles. The minimum Gasteiger partial charge on any atom is -0.478 e. The third-order valence-electron chi connectivity index (χ3n) is 4.86. The Bertz CT molecular complexity index is 841. The number of nitriles is 1. The number of rotatable bonds is 9. The SMILES string of the molecule is CCC(CC(C#N)CC(C)C(=O)Oc1cccc(C(=O)O)c1)c1ccccc1. The average Bonchev–Trinajstić information content (AvgIpc) is 2.71. The molecule has 5 nitrogen and oxygen atoms in total. The average molecular weight is 379 g/mol. The van der Waals surface area contributed by atoms with Crippen molar-refractivity contribution in [2.75, 3.05) is 0 Å². The Balaban J connectivity index is 1.98. The van der Waals surface area contributed by atoms with Crippen LogP contribution in [0.2, 0.25) is 0 Å². The largest absolute Gasteiger partial charge is 0.478 e. The second-order valence-corrected chi connectivity index (χ2v) is 6.97. The lowest BCUT2D eigenvalue weighted by Gasteiger charge is -2.20. The zero-order valence-electron chi connectivity index (χ0n) is 16.2. The molecule has 2 aromatic carbocycles. The molecule has 3 unspecified atom stereocenters. The van der Waals surface area contributed by atoms with Gasteiger partial charge in [-0.3, -0.25) is 4.79 Å². The monoisotopic (exact) mass is 379 g/mol. The minimum atomic E-state index is -1.08. The molecule has 0 fully saturated rings. The first-order chi connectivity index (χ1) is 13.4. The molecule has 0 aliphatic rings. The highest BCUT2D eigenvalue weighted by atomic mass is 16.5. The number of esters is 1. The maximum absolute atomic E-state index is 12.4. The number of carboxylic acids is 1. The summed E-state index contributed by atoms with van der Waals surface area (Å²) in [6, 6.07) is 18.2. The molecule has 146 valence electrons. The molecular formula is C23H25NO4. The van der Waals surface area contributed by atoms with Crippen LogP contribution in [0.15, 0.2) is 54.6 Å². The van der Waals surface area contributed by atoms with Crippen LogP contribution in [0.1, 0.15) is 54.9 Å². The van der Waals surface area contributed by atoms with Crippen molar-refractivity contribution >= 4 is 11.9 Å². The summed E-state index contributed by atoms with van der Waals surface area (Å²) in [5.74, 6) is -1.82. The van der Waals surface area contributed by atoms with Gasteiger partial charge in [-0.05, 0) is 48.9 Å². The predicted octanol–water partition coefficient (Wildman–Crippen LogP) is 5.04. The van der Waals surface area contributed by atoms with Gasteiger partial charge in [0.25, 0.3) is 0 Å². The van der Waals surface area contributed by atoms with Crippen LogP contribution in [0.4, 0.5) is 0 Å². The van der Waals surface area contributed by atoms with Crippen molar-refractivity contribution in [2.45, 2.75) is 39.0 Å². The quantitative estimate of drug-likeness (QED) is 0.487. The van der Waals surface area contributed by atoms with Crippen LogP contribution >= 0.6 is 0 Å². The van der Waals surface area contributed by atoms with E-state index in [1.807, 2.05) is 18.2 Å². The van der Waals surface area contributed by atoms with Crippen LogP contribution in [-0.4, -0.2) is 17.0 Å². The van der Waals surface area contributed by atoms with Gasteiger partial charge in [0.05, 0.1) is 17.6 Å². The molecule has 1 N–H and O–H groups in total. The van der Waals surface area contributed by atoms with Gasteiger partial charge in [0, 0.05) is 5.92 Å². The Morgan fingerprint density at radius 1 is 1.11 bits per heavy atom. The fraction of sp³-hybridized carbons (Fsp3) is 0.348. The van der Waals surface area contributed by atoms with E-state index in [9.17, 15) is 14.9 Å². The molecule has 0 saturated carbocycles. The molecule has 2 rings (SSSR count). The van der Waals surface area contributed by atoms with Crippen LogP contribution in [0.5, 0.6) is 5.75 Å². The molecule has 0 amide bonds. The van der Waals surface area contributed by atoms with E-state index in [-0.39, 0.29) is 23.1 Å². The normalized spacial score (nSPS) is 13.8. The molecule has 0 bridgehead atoms. The molecule has 0 aliphatic carbocycles. The van der Waals surface area contributed by atoms with Crippen molar-refractivity contribution in [1.29, 1.82) is 5.26 Å². The summed E-state index contributed by atoms with van der Waals surface area (Å²) in [6.07, 6.45) is 2.00. The molecule has 0 saturated heterocycles. The lowest BCUT2D eigenvalue weighted by atomic mass is 9.84. The highest BCUT2D eigenvalue weighted by Gasteiger charge is 2.24. The fourth-order valence-corrected chi connectivity index (χ4v) is 3.24. The first-order valence-corrected chi connectivity index (χ1v) is 9.44. The summed E-state index contributed by atoms with van der Waals surface area (Å²) < 4.78 is 5.32. The molecular weight excluding hydrogens is 354 g/mol. The van der Waals surface area contributed by atoms with Gasteiger partial charge in [0.1, 0.15) is 5.75 Å². The van der Waals surface area contributed by atoms with Crippen molar-refractivity contribution in [2.24, 2.45) is 11.8 Å². The number of hydrogen-bond acceptors (Lipinski definition) is 4. The van der Waals surface area contributed by atoms with E-state index in [4.69, 9.17) is 9.84 Å². The van der Waals surface area contributed by atoms with Crippen LogP contribution in [0.3, 0.4) is 0 Å². The molecule has 3 atom stereocenters. The fourth-order valence-electron chi connectivity index (χ4n) is 3.24. The van der Waals surface area contributed by atoms with E-state index in [0.717, 1.165) is 6.42 Å². The lowest BCUT2D eigenvalue weighted by molar-refractivity contribution is -0.138. The van der Waals surface area contributed by atoms with Crippen molar-refractivity contribution in [3.8, 4) is 11.8 Å². The smallest absolute Gasteiger partial charge is 0.335 e. The number of benzene rings is 2. The topological polar surface area (TPSA) is 87.4 Å². The molecule has 0 heterocycles. The summed E-state index contributed by atoms with van der Waals surface area (Å²) in [5.41, 5.74) is 1.26. The number of aromatic carboxylic acids is 1. The van der Waals surface area contributed by atoms with E-state index in [1.165, 1.54) is 23.8 Å². The van der Waals surface area contributed by atoms with Gasteiger partial charge in [0.15, 0.2) is 0 Å². The van der Waals surface area contributed by atoms with Crippen LogP contribution < -0.4 is 4.74 Å². The minimum absolute atomic E-state index is 0.0569. The second-order valence-electron chi connectivity index (χ2n) is 6.97. The molecule has 0 radical (unpaired) electrons. The highest BCUT2D eigenvalue weighted by Crippen LogP contribution is 2.30. The van der Waals surface area contributed by atoms with Gasteiger partial charge in [-0.2, -0.15) is 5.26 Å². The molecule has 28 heavy (non-hydrogen) atoms. The molecule has 0 aliphatic heterocycles.